The largest absolute Gasteiger partial charge is 0.586 e. The van der Waals surface area contributed by atoms with Gasteiger partial charge in [-0.05, 0) is 35.9 Å². The molecule has 3 aromatic carbocycles. The van der Waals surface area contributed by atoms with Gasteiger partial charge in [0.25, 0.3) is 0 Å². The molecule has 0 aliphatic carbocycles. The molecule has 1 N–H and O–H groups in total. The molecule has 0 radical (unpaired) electrons. The molecule has 0 saturated heterocycles. The molecule has 1 amide bonds. The molecule has 0 spiro atoms. The Kier molecular flexibility index (Phi) is 4.93. The summed E-state index contributed by atoms with van der Waals surface area (Å²) in [5.41, 5.74) is 0.288. The Morgan fingerprint density at radius 2 is 1.50 bits per heavy atom. The first-order valence-electron chi connectivity index (χ1n) is 10.9. The van der Waals surface area contributed by atoms with Gasteiger partial charge in [0.2, 0.25) is 0 Å². The van der Waals surface area contributed by atoms with Crippen molar-refractivity contribution >= 4 is 11.7 Å². The Balaban J connectivity index is 1.35. The van der Waals surface area contributed by atoms with E-state index in [2.05, 4.69) is 24.6 Å². The first-order valence-corrected chi connectivity index (χ1v) is 10.9. The van der Waals surface area contributed by atoms with Crippen LogP contribution in [-0.2, 0) is 5.92 Å². The lowest BCUT2D eigenvalue weighted by molar-refractivity contribution is -0.296. The lowest BCUT2D eigenvalue weighted by Crippen LogP contribution is -2.37. The van der Waals surface area contributed by atoms with Crippen LogP contribution >= 0.6 is 0 Å². The van der Waals surface area contributed by atoms with Crippen molar-refractivity contribution in [3.63, 3.8) is 0 Å². The average molecular weight is 533 g/mol. The summed E-state index contributed by atoms with van der Waals surface area (Å²) in [6.07, 6.45) is -7.25. The van der Waals surface area contributed by atoms with Crippen LogP contribution < -0.4 is 19.5 Å². The van der Waals surface area contributed by atoms with E-state index >= 15 is 0 Å². The van der Waals surface area contributed by atoms with Gasteiger partial charge in [-0.25, -0.2) is 4.79 Å². The van der Waals surface area contributed by atoms with Crippen LogP contribution in [0.4, 0.5) is 36.8 Å². The van der Waals surface area contributed by atoms with Crippen molar-refractivity contribution in [1.29, 1.82) is 0 Å². The summed E-state index contributed by atoms with van der Waals surface area (Å²) in [5.74, 6) is -5.70. The Morgan fingerprint density at radius 1 is 0.789 bits per heavy atom. The number of halogens is 6. The number of carbonyl (C=O) groups excluding carboxylic acids is 1. The molecule has 3 heterocycles. The van der Waals surface area contributed by atoms with Gasteiger partial charge in [-0.15, -0.1) is 8.78 Å². The molecule has 0 unspecified atom stereocenters. The fourth-order valence-electron chi connectivity index (χ4n) is 4.10. The third-order valence-corrected chi connectivity index (χ3v) is 5.85. The molecule has 0 atom stereocenters. The van der Waals surface area contributed by atoms with Gasteiger partial charge in [0.15, 0.2) is 11.5 Å². The predicted octanol–water partition coefficient (Wildman–Crippen LogP) is 6.70. The van der Waals surface area contributed by atoms with Gasteiger partial charge in [-0.1, -0.05) is 36.4 Å². The summed E-state index contributed by atoms with van der Waals surface area (Å²) in [6, 6.07) is 14.5. The number of rotatable bonds is 3. The second kappa shape index (κ2) is 7.91. The molecule has 7 nitrogen and oxygen atoms in total. The molecule has 38 heavy (non-hydrogen) atoms. The minimum absolute atomic E-state index is 0.173. The van der Waals surface area contributed by atoms with Crippen molar-refractivity contribution in [3.05, 3.63) is 78.5 Å². The molecular formula is C25H13F6N3O4. The number of fused-ring (bicyclic) bond motifs is 2. The molecule has 0 bridgehead atoms. The standard InChI is InChI=1S/C25H13F6N3O4/c26-23(27)17-11-15(7-9-18(17)36-24(23,28)29)32-22(35)34-12-16(21(33-34)13-4-2-1-3-5-13)14-6-8-19-20(10-14)38-25(30,31)37-19/h1-12H,(H,32,35). The summed E-state index contributed by atoms with van der Waals surface area (Å²) in [6.45, 7) is 0. The van der Waals surface area contributed by atoms with E-state index in [9.17, 15) is 31.1 Å². The molecule has 0 saturated carbocycles. The number of ether oxygens (including phenoxy) is 3. The number of anilines is 1. The molecule has 194 valence electrons. The first-order chi connectivity index (χ1) is 17.9. The Labute approximate surface area is 209 Å². The molecule has 2 aliphatic heterocycles. The van der Waals surface area contributed by atoms with Crippen molar-refractivity contribution in [2.75, 3.05) is 5.32 Å². The van der Waals surface area contributed by atoms with Gasteiger partial charge >= 0.3 is 24.4 Å². The van der Waals surface area contributed by atoms with Crippen LogP contribution in [0, 0.1) is 0 Å². The van der Waals surface area contributed by atoms with E-state index in [0.29, 0.717) is 28.5 Å². The zero-order chi connectivity index (χ0) is 26.9. The van der Waals surface area contributed by atoms with Crippen LogP contribution in [0.3, 0.4) is 0 Å². The number of nitrogens with one attached hydrogen (secondary N) is 1. The predicted molar refractivity (Wildman–Crippen MR) is 120 cm³/mol. The van der Waals surface area contributed by atoms with E-state index in [-0.39, 0.29) is 17.2 Å². The molecule has 1 aromatic heterocycles. The maximum Gasteiger partial charge on any atom is 0.586 e. The highest BCUT2D eigenvalue weighted by atomic mass is 19.3. The third-order valence-electron chi connectivity index (χ3n) is 5.85. The van der Waals surface area contributed by atoms with Crippen molar-refractivity contribution in [3.8, 4) is 39.6 Å². The van der Waals surface area contributed by atoms with Gasteiger partial charge in [-0.3, -0.25) is 0 Å². The number of hydrogen-bond donors (Lipinski definition) is 1. The quantitative estimate of drug-likeness (QED) is 0.297. The third kappa shape index (κ3) is 3.78. The van der Waals surface area contributed by atoms with Crippen molar-refractivity contribution in [2.45, 2.75) is 18.3 Å². The topological polar surface area (TPSA) is 74.6 Å². The number of aromatic nitrogens is 2. The summed E-state index contributed by atoms with van der Waals surface area (Å²) >= 11 is 0. The summed E-state index contributed by atoms with van der Waals surface area (Å²) in [7, 11) is 0. The lowest BCUT2D eigenvalue weighted by atomic mass is 10.0. The second-order valence-corrected chi connectivity index (χ2v) is 8.37. The second-order valence-electron chi connectivity index (χ2n) is 8.37. The summed E-state index contributed by atoms with van der Waals surface area (Å²) < 4.78 is 96.0. The highest BCUT2D eigenvalue weighted by Crippen LogP contribution is 2.53. The van der Waals surface area contributed by atoms with Crippen molar-refractivity contribution in [2.24, 2.45) is 0 Å². The lowest BCUT2D eigenvalue weighted by Gasteiger charge is -2.16. The van der Waals surface area contributed by atoms with Crippen LogP contribution in [0.5, 0.6) is 17.2 Å². The summed E-state index contributed by atoms with van der Waals surface area (Å²) in [4.78, 5) is 13.0. The molecule has 0 fully saturated rings. The van der Waals surface area contributed by atoms with Gasteiger partial charge in [-0.2, -0.15) is 27.3 Å². The van der Waals surface area contributed by atoms with Gasteiger partial charge < -0.3 is 19.5 Å². The molecular weight excluding hydrogens is 520 g/mol. The number of nitrogens with zero attached hydrogens (tertiary/aromatic N) is 2. The highest BCUT2D eigenvalue weighted by Gasteiger charge is 2.66. The van der Waals surface area contributed by atoms with E-state index in [4.69, 9.17) is 0 Å². The van der Waals surface area contributed by atoms with E-state index in [1.165, 1.54) is 24.4 Å². The fraction of sp³-hybridized carbons (Fsp3) is 0.120. The normalized spacial score (nSPS) is 17.5. The van der Waals surface area contributed by atoms with E-state index in [0.717, 1.165) is 16.8 Å². The number of carbonyl (C=O) groups is 1. The van der Waals surface area contributed by atoms with Gasteiger partial charge in [0, 0.05) is 23.0 Å². The van der Waals surface area contributed by atoms with Crippen LogP contribution in [-0.4, -0.2) is 28.2 Å². The van der Waals surface area contributed by atoms with Crippen molar-refractivity contribution < 1.29 is 45.3 Å². The minimum atomic E-state index is -4.73. The number of hydrogen-bond acceptors (Lipinski definition) is 5. The number of amides is 1. The van der Waals surface area contributed by atoms with Gasteiger partial charge in [0.1, 0.15) is 11.4 Å². The van der Waals surface area contributed by atoms with E-state index in [1.807, 2.05) is 0 Å². The van der Waals surface area contributed by atoms with Crippen LogP contribution in [0.1, 0.15) is 5.56 Å². The van der Waals surface area contributed by atoms with Crippen LogP contribution in [0.25, 0.3) is 22.4 Å². The zero-order valence-corrected chi connectivity index (χ0v) is 18.7. The zero-order valence-electron chi connectivity index (χ0n) is 18.7. The van der Waals surface area contributed by atoms with Crippen LogP contribution in [0.2, 0.25) is 0 Å². The minimum Gasteiger partial charge on any atom is -0.427 e. The molecule has 6 rings (SSSR count). The van der Waals surface area contributed by atoms with E-state index < -0.39 is 35.7 Å². The smallest absolute Gasteiger partial charge is 0.427 e. The monoisotopic (exact) mass is 533 g/mol. The maximum atomic E-state index is 14.1. The first kappa shape index (κ1) is 23.7. The molecule has 13 heteroatoms. The maximum absolute atomic E-state index is 14.1. The highest BCUT2D eigenvalue weighted by molar-refractivity contribution is 5.93. The molecule has 2 aliphatic rings. The van der Waals surface area contributed by atoms with E-state index in [1.54, 1.807) is 30.3 Å². The van der Waals surface area contributed by atoms with Gasteiger partial charge in [0.05, 0.1) is 5.56 Å². The number of alkyl halides is 6. The SMILES string of the molecule is O=C(Nc1ccc2c(c1)C(F)(F)C(F)(F)O2)n1cc(-c2ccc3c(c2)OC(F)(F)O3)c(-c2ccccc2)n1. The summed E-state index contributed by atoms with van der Waals surface area (Å²) in [5, 5.41) is 6.62. The number of benzene rings is 3. The van der Waals surface area contributed by atoms with Crippen LogP contribution in [0.15, 0.2) is 72.9 Å². The fourth-order valence-corrected chi connectivity index (χ4v) is 4.10. The Morgan fingerprint density at radius 3 is 2.26 bits per heavy atom. The molecule has 4 aromatic rings. The average Bonchev–Trinajstić information content (AvgIpc) is 3.49. The van der Waals surface area contributed by atoms with Crippen molar-refractivity contribution in [1.82, 2.24) is 9.78 Å². The Hall–Kier alpha value is -4.68. The Bertz CT molecular complexity index is 1590.